The second kappa shape index (κ2) is 4.03. The van der Waals surface area contributed by atoms with Crippen LogP contribution in [0.15, 0.2) is 0 Å². The minimum Gasteiger partial charge on any atom is -0.467 e. The summed E-state index contributed by atoms with van der Waals surface area (Å²) in [6.45, 7) is 7.08. The number of hydrogen-bond donors (Lipinski definition) is 0. The van der Waals surface area contributed by atoms with Crippen LogP contribution in [-0.2, 0) is 23.9 Å². The number of methoxy groups -OCH3 is 1. The van der Waals surface area contributed by atoms with Crippen LogP contribution in [0.4, 0.5) is 0 Å². The quantitative estimate of drug-likeness (QED) is 0.507. The molecule has 6 heteroatoms. The third-order valence-electron chi connectivity index (χ3n) is 3.77. The van der Waals surface area contributed by atoms with Crippen LogP contribution < -0.4 is 0 Å². The molecule has 0 aromatic carbocycles. The molecule has 2 rings (SSSR count). The molecule has 0 aromatic heterocycles. The summed E-state index contributed by atoms with van der Waals surface area (Å²) in [5.74, 6) is -2.35. The van der Waals surface area contributed by atoms with E-state index in [4.69, 9.17) is 9.47 Å². The molecule has 2 heterocycles. The van der Waals surface area contributed by atoms with E-state index in [9.17, 15) is 14.4 Å². The van der Waals surface area contributed by atoms with E-state index in [0.29, 0.717) is 0 Å². The lowest BCUT2D eigenvalue weighted by molar-refractivity contribution is -0.160. The average Bonchev–Trinajstić information content (AvgIpc) is 2.82. The zero-order chi connectivity index (χ0) is 14.6. The van der Waals surface area contributed by atoms with Crippen molar-refractivity contribution < 1.29 is 23.9 Å². The van der Waals surface area contributed by atoms with Gasteiger partial charge in [0.2, 0.25) is 11.4 Å². The second-order valence-corrected chi connectivity index (χ2v) is 6.18. The van der Waals surface area contributed by atoms with E-state index in [2.05, 4.69) is 0 Å². The summed E-state index contributed by atoms with van der Waals surface area (Å²) in [5.41, 5.74) is -1.99. The molecule has 2 saturated heterocycles. The molecule has 0 saturated carbocycles. The first-order chi connectivity index (χ1) is 8.67. The van der Waals surface area contributed by atoms with Gasteiger partial charge in [-0.25, -0.2) is 4.79 Å². The number of ketones is 1. The number of nitrogens with zero attached hydrogens (tertiary/aromatic N) is 1. The number of hydrogen-bond acceptors (Lipinski definition) is 5. The summed E-state index contributed by atoms with van der Waals surface area (Å²) in [5, 5.41) is 0. The Hall–Kier alpha value is -1.43. The van der Waals surface area contributed by atoms with E-state index in [-0.39, 0.29) is 12.5 Å². The number of Topliss-reactive ketones (excluding diaryl/α,β-unsaturated/α-hetero) is 1. The molecule has 106 valence electrons. The van der Waals surface area contributed by atoms with E-state index < -0.39 is 34.9 Å². The topological polar surface area (TPSA) is 72.9 Å². The average molecular weight is 269 g/mol. The highest BCUT2D eigenvalue weighted by atomic mass is 16.6. The number of ether oxygens (including phenoxy) is 2. The van der Waals surface area contributed by atoms with Crippen molar-refractivity contribution in [1.82, 2.24) is 4.90 Å². The molecule has 1 unspecified atom stereocenters. The van der Waals surface area contributed by atoms with Crippen molar-refractivity contribution in [2.24, 2.45) is 11.3 Å². The highest BCUT2D eigenvalue weighted by Crippen LogP contribution is 2.44. The molecular formula is C13H19NO5. The van der Waals surface area contributed by atoms with Gasteiger partial charge in [0.25, 0.3) is 0 Å². The summed E-state index contributed by atoms with van der Waals surface area (Å²) in [6, 6.07) is 0. The number of fused-ring (bicyclic) bond motifs is 1. The zero-order valence-corrected chi connectivity index (χ0v) is 11.9. The van der Waals surface area contributed by atoms with E-state index in [1.807, 2.05) is 20.8 Å². The van der Waals surface area contributed by atoms with E-state index >= 15 is 0 Å². The Balaban J connectivity index is 2.54. The van der Waals surface area contributed by atoms with Crippen LogP contribution in [-0.4, -0.2) is 48.0 Å². The van der Waals surface area contributed by atoms with Gasteiger partial charge < -0.3 is 9.47 Å². The molecule has 0 aliphatic carbocycles. The fourth-order valence-corrected chi connectivity index (χ4v) is 2.78. The van der Waals surface area contributed by atoms with Gasteiger partial charge in [0.15, 0.2) is 5.78 Å². The smallest absolute Gasteiger partial charge is 0.342 e. The first kappa shape index (κ1) is 14.0. The van der Waals surface area contributed by atoms with Crippen molar-refractivity contribution in [3.63, 3.8) is 0 Å². The highest BCUT2D eigenvalue weighted by Gasteiger charge is 2.69. The standard InChI is InChI=1S/C13H19NO5/c1-7-8(15)13(11(17)18-5)6-19-10(12(2,3)4)14(13)9(7)16/h7,10H,6H2,1-5H3/t7?,10-,13-/m1/s1. The lowest BCUT2D eigenvalue weighted by Crippen LogP contribution is -2.57. The monoisotopic (exact) mass is 269 g/mol. The minimum absolute atomic E-state index is 0.128. The van der Waals surface area contributed by atoms with Gasteiger partial charge in [-0.1, -0.05) is 20.8 Å². The fourth-order valence-electron chi connectivity index (χ4n) is 2.78. The first-order valence-electron chi connectivity index (χ1n) is 6.25. The maximum Gasteiger partial charge on any atom is 0.342 e. The SMILES string of the molecule is COC(=O)[C@]12CO[C@H](C(C)(C)C)N1C(=O)C(C)C2=O. The van der Waals surface area contributed by atoms with Crippen LogP contribution in [0.3, 0.4) is 0 Å². The van der Waals surface area contributed by atoms with E-state index in [1.165, 1.54) is 18.9 Å². The molecule has 3 atom stereocenters. The molecule has 0 bridgehead atoms. The van der Waals surface area contributed by atoms with Crippen molar-refractivity contribution in [2.75, 3.05) is 13.7 Å². The number of rotatable bonds is 1. The maximum absolute atomic E-state index is 12.3. The van der Waals surface area contributed by atoms with Crippen LogP contribution in [0.5, 0.6) is 0 Å². The van der Waals surface area contributed by atoms with Gasteiger partial charge >= 0.3 is 5.97 Å². The summed E-state index contributed by atoms with van der Waals surface area (Å²) < 4.78 is 10.3. The normalized spacial score (nSPS) is 34.7. The van der Waals surface area contributed by atoms with Gasteiger partial charge in [-0.15, -0.1) is 0 Å². The Labute approximate surface area is 112 Å². The molecule has 1 amide bonds. The Bertz CT molecular complexity index is 452. The zero-order valence-electron chi connectivity index (χ0n) is 11.9. The summed E-state index contributed by atoms with van der Waals surface area (Å²) in [7, 11) is 1.21. The molecule has 0 radical (unpaired) electrons. The Kier molecular flexibility index (Phi) is 2.97. The summed E-state index contributed by atoms with van der Waals surface area (Å²) >= 11 is 0. The Morgan fingerprint density at radius 3 is 2.47 bits per heavy atom. The predicted molar refractivity (Wildman–Crippen MR) is 65.0 cm³/mol. The number of carbonyl (C=O) groups excluding carboxylic acids is 3. The fraction of sp³-hybridized carbons (Fsp3) is 0.769. The van der Waals surface area contributed by atoms with Crippen LogP contribution in [0, 0.1) is 11.3 Å². The summed E-state index contributed by atoms with van der Waals surface area (Å²) in [4.78, 5) is 38.0. The number of carbonyl (C=O) groups is 3. The van der Waals surface area contributed by atoms with E-state index in [0.717, 1.165) is 0 Å². The minimum atomic E-state index is -1.59. The lowest BCUT2D eigenvalue weighted by atomic mass is 9.90. The predicted octanol–water partition coefficient (Wildman–Crippen LogP) is 0.348. The van der Waals surface area contributed by atoms with Gasteiger partial charge in [-0.05, 0) is 6.92 Å². The molecule has 6 nitrogen and oxygen atoms in total. The molecule has 0 N–H and O–H groups in total. The maximum atomic E-state index is 12.3. The van der Waals surface area contributed by atoms with Crippen molar-refractivity contribution in [2.45, 2.75) is 39.5 Å². The number of amides is 1. The third kappa shape index (κ3) is 1.62. The molecular weight excluding hydrogens is 250 g/mol. The first-order valence-corrected chi connectivity index (χ1v) is 6.25. The van der Waals surface area contributed by atoms with Crippen LogP contribution >= 0.6 is 0 Å². The van der Waals surface area contributed by atoms with Crippen LogP contribution in [0.2, 0.25) is 0 Å². The van der Waals surface area contributed by atoms with Gasteiger partial charge in [-0.3, -0.25) is 14.5 Å². The molecule has 19 heavy (non-hydrogen) atoms. The van der Waals surface area contributed by atoms with Gasteiger partial charge in [0, 0.05) is 5.41 Å². The van der Waals surface area contributed by atoms with Gasteiger partial charge in [0.1, 0.15) is 6.23 Å². The Morgan fingerprint density at radius 2 is 2.00 bits per heavy atom. The largest absolute Gasteiger partial charge is 0.467 e. The van der Waals surface area contributed by atoms with Crippen molar-refractivity contribution >= 4 is 17.7 Å². The highest BCUT2D eigenvalue weighted by molar-refractivity contribution is 6.23. The third-order valence-corrected chi connectivity index (χ3v) is 3.77. The number of esters is 1. The molecule has 2 aliphatic rings. The molecule has 2 aliphatic heterocycles. The van der Waals surface area contributed by atoms with Gasteiger partial charge in [-0.2, -0.15) is 0 Å². The van der Waals surface area contributed by atoms with E-state index in [1.54, 1.807) is 0 Å². The molecule has 2 fully saturated rings. The lowest BCUT2D eigenvalue weighted by Gasteiger charge is -2.35. The molecule has 0 spiro atoms. The van der Waals surface area contributed by atoms with Gasteiger partial charge in [0.05, 0.1) is 19.6 Å². The molecule has 0 aromatic rings. The van der Waals surface area contributed by atoms with Crippen LogP contribution in [0.25, 0.3) is 0 Å². The second-order valence-electron chi connectivity index (χ2n) is 6.18. The summed E-state index contributed by atoms with van der Waals surface area (Å²) in [6.07, 6.45) is -0.604. The van der Waals surface area contributed by atoms with Crippen LogP contribution in [0.1, 0.15) is 27.7 Å². The Morgan fingerprint density at radius 1 is 1.42 bits per heavy atom. The van der Waals surface area contributed by atoms with Crippen molar-refractivity contribution in [3.05, 3.63) is 0 Å². The van der Waals surface area contributed by atoms with Crippen molar-refractivity contribution in [3.8, 4) is 0 Å². The van der Waals surface area contributed by atoms with Crippen molar-refractivity contribution in [1.29, 1.82) is 0 Å².